The number of hydrogen-bond donors (Lipinski definition) is 0. The average molecular weight is 731 g/mol. The van der Waals surface area contributed by atoms with Gasteiger partial charge in [-0.05, 0) is 68.8 Å². The Bertz CT molecular complexity index is 3040. The van der Waals surface area contributed by atoms with E-state index in [0.29, 0.717) is 5.82 Å². The van der Waals surface area contributed by atoms with E-state index in [9.17, 15) is 0 Å². The fraction of sp³-hybridized carbons (Fsp3) is 0.0189. The molecule has 0 unspecified atom stereocenters. The molecule has 2 heterocycles. The zero-order valence-electron chi connectivity index (χ0n) is 30.4. The second-order valence-corrected chi connectivity index (χ2v) is 15.5. The zero-order chi connectivity index (χ0) is 37.1. The van der Waals surface area contributed by atoms with Gasteiger partial charge in [-0.2, -0.15) is 0 Å². The predicted octanol–water partition coefficient (Wildman–Crippen LogP) is 13.9. The molecule has 262 valence electrons. The van der Waals surface area contributed by atoms with Crippen LogP contribution in [0.2, 0.25) is 0 Å². The van der Waals surface area contributed by atoms with Crippen LogP contribution in [0.4, 0.5) is 0 Å². The van der Waals surface area contributed by atoms with Gasteiger partial charge in [0.1, 0.15) is 0 Å². The van der Waals surface area contributed by atoms with Crippen molar-refractivity contribution in [2.45, 2.75) is 5.41 Å². The van der Waals surface area contributed by atoms with E-state index in [0.717, 1.165) is 33.6 Å². The zero-order valence-corrected chi connectivity index (χ0v) is 31.2. The topological polar surface area (TPSA) is 25.8 Å². The predicted molar refractivity (Wildman–Crippen MR) is 234 cm³/mol. The van der Waals surface area contributed by atoms with Crippen molar-refractivity contribution in [1.29, 1.82) is 0 Å². The Morgan fingerprint density at radius 2 is 0.911 bits per heavy atom. The lowest BCUT2D eigenvalue weighted by molar-refractivity contribution is 0.769. The second kappa shape index (κ2) is 13.1. The van der Waals surface area contributed by atoms with E-state index in [1.807, 2.05) is 17.4 Å². The van der Waals surface area contributed by atoms with Gasteiger partial charge in [0.05, 0.1) is 16.8 Å². The van der Waals surface area contributed by atoms with Crippen LogP contribution in [0.15, 0.2) is 206 Å². The molecule has 0 aliphatic heterocycles. The van der Waals surface area contributed by atoms with Crippen LogP contribution in [0.3, 0.4) is 0 Å². The Morgan fingerprint density at radius 3 is 1.66 bits per heavy atom. The Balaban J connectivity index is 1.19. The van der Waals surface area contributed by atoms with Gasteiger partial charge in [-0.15, -0.1) is 11.3 Å². The lowest BCUT2D eigenvalue weighted by Crippen LogP contribution is -2.29. The third-order valence-corrected chi connectivity index (χ3v) is 12.6. The van der Waals surface area contributed by atoms with Crippen molar-refractivity contribution < 1.29 is 0 Å². The number of hydrogen-bond acceptors (Lipinski definition) is 3. The van der Waals surface area contributed by atoms with Crippen LogP contribution in [-0.2, 0) is 5.41 Å². The van der Waals surface area contributed by atoms with Crippen molar-refractivity contribution in [2.24, 2.45) is 0 Å². The second-order valence-electron chi connectivity index (χ2n) is 14.4. The average Bonchev–Trinajstić information content (AvgIpc) is 3.81. The van der Waals surface area contributed by atoms with E-state index in [2.05, 4.69) is 200 Å². The molecule has 0 amide bonds. The summed E-state index contributed by atoms with van der Waals surface area (Å²) in [4.78, 5) is 10.8. The normalized spacial score (nSPS) is 12.8. The van der Waals surface area contributed by atoms with Crippen molar-refractivity contribution in [3.63, 3.8) is 0 Å². The summed E-state index contributed by atoms with van der Waals surface area (Å²) in [6.07, 6.45) is 0. The molecule has 8 aromatic carbocycles. The van der Waals surface area contributed by atoms with Crippen LogP contribution in [0.1, 0.15) is 22.3 Å². The molecule has 0 fully saturated rings. The van der Waals surface area contributed by atoms with Crippen LogP contribution < -0.4 is 0 Å². The van der Waals surface area contributed by atoms with Crippen LogP contribution in [0.25, 0.3) is 76.3 Å². The van der Waals surface area contributed by atoms with Crippen LogP contribution in [0.5, 0.6) is 0 Å². The molecule has 2 nitrogen and oxygen atoms in total. The van der Waals surface area contributed by atoms with Crippen molar-refractivity contribution in [3.8, 4) is 56.2 Å². The van der Waals surface area contributed by atoms with E-state index >= 15 is 0 Å². The molecule has 0 N–H and O–H groups in total. The SMILES string of the molecule is c1ccc(-c2nc(-c3ccccc3-c3ccc4sc5ccccc5c4c3)cc(-c3cccc4c3C(c3ccccc3)(c3ccccc3)c3ccccc3-4)n2)cc1. The largest absolute Gasteiger partial charge is 0.228 e. The highest BCUT2D eigenvalue weighted by atomic mass is 32.1. The number of thiophene rings is 1. The maximum Gasteiger partial charge on any atom is 0.160 e. The van der Waals surface area contributed by atoms with Gasteiger partial charge in [0.25, 0.3) is 0 Å². The summed E-state index contributed by atoms with van der Waals surface area (Å²) in [5, 5.41) is 2.57. The summed E-state index contributed by atoms with van der Waals surface area (Å²) in [6, 6.07) is 74.4. The van der Waals surface area contributed by atoms with Gasteiger partial charge >= 0.3 is 0 Å². The maximum atomic E-state index is 5.45. The van der Waals surface area contributed by atoms with Gasteiger partial charge in [0.15, 0.2) is 5.82 Å². The Morgan fingerprint density at radius 1 is 0.357 bits per heavy atom. The van der Waals surface area contributed by atoms with Crippen molar-refractivity contribution >= 4 is 31.5 Å². The molecule has 1 aliphatic carbocycles. The summed E-state index contributed by atoms with van der Waals surface area (Å²) in [6.45, 7) is 0. The van der Waals surface area contributed by atoms with Crippen molar-refractivity contribution in [3.05, 3.63) is 229 Å². The highest BCUT2D eigenvalue weighted by Crippen LogP contribution is 2.58. The molecule has 0 saturated carbocycles. The molecular weight excluding hydrogens is 697 g/mol. The fourth-order valence-electron chi connectivity index (χ4n) is 9.01. The molecule has 11 rings (SSSR count). The lowest BCUT2D eigenvalue weighted by atomic mass is 9.66. The van der Waals surface area contributed by atoms with E-state index in [4.69, 9.17) is 9.97 Å². The van der Waals surface area contributed by atoms with Gasteiger partial charge in [0.2, 0.25) is 0 Å². The fourth-order valence-corrected chi connectivity index (χ4v) is 10.1. The summed E-state index contributed by atoms with van der Waals surface area (Å²) >= 11 is 1.85. The lowest BCUT2D eigenvalue weighted by Gasteiger charge is -2.35. The summed E-state index contributed by atoms with van der Waals surface area (Å²) < 4.78 is 2.60. The summed E-state index contributed by atoms with van der Waals surface area (Å²) in [5.41, 5.74) is 14.1. The van der Waals surface area contributed by atoms with Gasteiger partial charge in [-0.1, -0.05) is 182 Å². The van der Waals surface area contributed by atoms with E-state index in [1.54, 1.807) is 0 Å². The standard InChI is InChI=1S/C53H34N2S/c1-4-17-35(18-5-1)52-54-47(41-25-11-10-23-39(41)36-31-32-50-45(33-36)42-26-13-15-30-49(42)56-50)34-48(55-52)44-28-16-27-43-40-24-12-14-29-46(40)53(51(43)44,37-19-6-2-7-20-37)38-21-8-3-9-22-38/h1-34H. The quantitative estimate of drug-likeness (QED) is 0.170. The van der Waals surface area contributed by atoms with E-state index < -0.39 is 5.41 Å². The molecular formula is C53H34N2S. The Kier molecular flexibility index (Phi) is 7.61. The molecule has 2 aromatic heterocycles. The minimum Gasteiger partial charge on any atom is -0.228 e. The van der Waals surface area contributed by atoms with E-state index in [-0.39, 0.29) is 0 Å². The third-order valence-electron chi connectivity index (χ3n) is 11.4. The maximum absolute atomic E-state index is 5.45. The number of fused-ring (bicyclic) bond motifs is 6. The molecule has 0 saturated heterocycles. The highest BCUT2D eigenvalue weighted by molar-refractivity contribution is 7.25. The molecule has 1 aliphatic rings. The monoisotopic (exact) mass is 730 g/mol. The number of aromatic nitrogens is 2. The van der Waals surface area contributed by atoms with Crippen LogP contribution in [0, 0.1) is 0 Å². The first-order valence-electron chi connectivity index (χ1n) is 19.1. The van der Waals surface area contributed by atoms with Crippen LogP contribution >= 0.6 is 11.3 Å². The molecule has 3 heteroatoms. The van der Waals surface area contributed by atoms with Gasteiger partial charge < -0.3 is 0 Å². The molecule has 0 atom stereocenters. The van der Waals surface area contributed by atoms with Gasteiger partial charge in [0, 0.05) is 36.9 Å². The first kappa shape index (κ1) is 32.5. The molecule has 0 bridgehead atoms. The molecule has 56 heavy (non-hydrogen) atoms. The van der Waals surface area contributed by atoms with E-state index in [1.165, 1.54) is 59.1 Å². The van der Waals surface area contributed by atoms with Gasteiger partial charge in [-0.3, -0.25) is 0 Å². The first-order chi connectivity index (χ1) is 27.8. The first-order valence-corrected chi connectivity index (χ1v) is 19.9. The van der Waals surface area contributed by atoms with Crippen molar-refractivity contribution in [1.82, 2.24) is 9.97 Å². The minimum atomic E-state index is -0.570. The molecule has 0 spiro atoms. The van der Waals surface area contributed by atoms with Crippen molar-refractivity contribution in [2.75, 3.05) is 0 Å². The molecule has 0 radical (unpaired) electrons. The Labute approximate surface area is 330 Å². The number of benzene rings is 8. The molecule has 10 aromatic rings. The minimum absolute atomic E-state index is 0.570. The van der Waals surface area contributed by atoms with Gasteiger partial charge in [-0.25, -0.2) is 9.97 Å². The third kappa shape index (κ3) is 5.02. The number of rotatable bonds is 6. The number of nitrogens with zero attached hydrogens (tertiary/aromatic N) is 2. The Hall–Kier alpha value is -6.94. The summed E-state index contributed by atoms with van der Waals surface area (Å²) in [7, 11) is 0. The smallest absolute Gasteiger partial charge is 0.160 e. The highest BCUT2D eigenvalue weighted by Gasteiger charge is 2.47. The summed E-state index contributed by atoms with van der Waals surface area (Å²) in [5.74, 6) is 0.699. The van der Waals surface area contributed by atoms with Crippen LogP contribution in [-0.4, -0.2) is 9.97 Å².